The summed E-state index contributed by atoms with van der Waals surface area (Å²) in [5.74, 6) is -1.77. The average Bonchev–Trinajstić information content (AvgIpc) is 2.28. The zero-order chi connectivity index (χ0) is 12.1. The monoisotopic (exact) mass is 228 g/mol. The van der Waals surface area contributed by atoms with Gasteiger partial charge in [0, 0.05) is 0 Å². The van der Waals surface area contributed by atoms with E-state index < -0.39 is 24.4 Å². The highest BCUT2D eigenvalue weighted by Gasteiger charge is 2.21. The number of carbonyl (C=O) groups excluding carboxylic acids is 2. The minimum Gasteiger partial charge on any atom is -0.496 e. The van der Waals surface area contributed by atoms with Crippen LogP contribution in [0.5, 0.6) is 5.75 Å². The number of hydrogen-bond acceptors (Lipinski definition) is 3. The number of alkyl halides is 2. The van der Waals surface area contributed by atoms with Gasteiger partial charge in [-0.2, -0.15) is 0 Å². The van der Waals surface area contributed by atoms with Crippen molar-refractivity contribution in [2.75, 3.05) is 7.11 Å². The molecule has 0 aliphatic heterocycles. The van der Waals surface area contributed by atoms with Gasteiger partial charge >= 0.3 is 0 Å². The molecule has 0 saturated heterocycles. The maximum Gasteiger partial charge on any atom is 0.296 e. The molecule has 0 spiro atoms. The van der Waals surface area contributed by atoms with Crippen LogP contribution in [0.25, 0.3) is 0 Å². The summed E-state index contributed by atoms with van der Waals surface area (Å²) in [5, 5.41) is 0. The molecule has 0 fully saturated rings. The van der Waals surface area contributed by atoms with E-state index in [-0.39, 0.29) is 11.3 Å². The van der Waals surface area contributed by atoms with Gasteiger partial charge in [0.25, 0.3) is 6.43 Å². The van der Waals surface area contributed by atoms with Gasteiger partial charge in [0.2, 0.25) is 5.78 Å². The Hall–Kier alpha value is -1.78. The van der Waals surface area contributed by atoms with Crippen LogP contribution in [0.3, 0.4) is 0 Å². The Morgan fingerprint density at radius 1 is 1.31 bits per heavy atom. The first-order chi connectivity index (χ1) is 7.56. The summed E-state index contributed by atoms with van der Waals surface area (Å²) in [7, 11) is 1.36. The molecule has 0 heterocycles. The highest BCUT2D eigenvalue weighted by Crippen LogP contribution is 2.19. The van der Waals surface area contributed by atoms with Crippen molar-refractivity contribution in [2.45, 2.75) is 12.8 Å². The van der Waals surface area contributed by atoms with Crippen LogP contribution in [0.2, 0.25) is 0 Å². The molecular formula is C11H10F2O3. The lowest BCUT2D eigenvalue weighted by atomic mass is 10.1. The van der Waals surface area contributed by atoms with Crippen molar-refractivity contribution in [3.63, 3.8) is 0 Å². The Kier molecular flexibility index (Phi) is 4.10. The molecule has 0 atom stereocenters. The molecule has 0 bridgehead atoms. The third-order valence-corrected chi connectivity index (χ3v) is 1.99. The highest BCUT2D eigenvalue weighted by molar-refractivity contribution is 6.10. The van der Waals surface area contributed by atoms with E-state index in [9.17, 15) is 18.4 Å². The average molecular weight is 228 g/mol. The second kappa shape index (κ2) is 5.34. The summed E-state index contributed by atoms with van der Waals surface area (Å²) < 4.78 is 28.8. The van der Waals surface area contributed by atoms with Crippen molar-refractivity contribution < 1.29 is 23.1 Å². The van der Waals surface area contributed by atoms with E-state index in [0.29, 0.717) is 0 Å². The third-order valence-electron chi connectivity index (χ3n) is 1.99. The lowest BCUT2D eigenvalue weighted by Gasteiger charge is -2.06. The number of methoxy groups -OCH3 is 1. The number of halogens is 2. The maximum atomic E-state index is 12.0. The number of benzene rings is 1. The van der Waals surface area contributed by atoms with Crippen LogP contribution < -0.4 is 4.74 Å². The van der Waals surface area contributed by atoms with Crippen LogP contribution in [0.4, 0.5) is 8.78 Å². The molecule has 0 radical (unpaired) electrons. The number of para-hydroxylation sites is 1. The maximum absolute atomic E-state index is 12.0. The first-order valence-electron chi connectivity index (χ1n) is 4.53. The molecule has 3 nitrogen and oxygen atoms in total. The van der Waals surface area contributed by atoms with Gasteiger partial charge in [-0.15, -0.1) is 0 Å². The number of carbonyl (C=O) groups is 2. The molecule has 16 heavy (non-hydrogen) atoms. The second-order valence-corrected chi connectivity index (χ2v) is 3.07. The molecule has 0 aliphatic rings. The van der Waals surface area contributed by atoms with Gasteiger partial charge in [-0.25, -0.2) is 8.78 Å². The molecule has 0 amide bonds. The van der Waals surface area contributed by atoms with Gasteiger partial charge in [0.1, 0.15) is 5.75 Å². The predicted molar refractivity (Wildman–Crippen MR) is 53.0 cm³/mol. The minimum absolute atomic E-state index is 0.138. The van der Waals surface area contributed by atoms with Crippen molar-refractivity contribution in [3.05, 3.63) is 29.8 Å². The molecule has 0 N–H and O–H groups in total. The topological polar surface area (TPSA) is 43.4 Å². The molecule has 0 aromatic heterocycles. The highest BCUT2D eigenvalue weighted by atomic mass is 19.3. The lowest BCUT2D eigenvalue weighted by Crippen LogP contribution is -2.15. The van der Waals surface area contributed by atoms with Gasteiger partial charge < -0.3 is 4.74 Å². The van der Waals surface area contributed by atoms with Crippen LogP contribution in [-0.2, 0) is 4.79 Å². The molecule has 5 heteroatoms. The summed E-state index contributed by atoms with van der Waals surface area (Å²) >= 11 is 0. The zero-order valence-corrected chi connectivity index (χ0v) is 8.57. The Morgan fingerprint density at radius 2 is 1.94 bits per heavy atom. The van der Waals surface area contributed by atoms with Crippen LogP contribution >= 0.6 is 0 Å². The van der Waals surface area contributed by atoms with Gasteiger partial charge in [-0.05, 0) is 12.1 Å². The summed E-state index contributed by atoms with van der Waals surface area (Å²) in [6.45, 7) is 0. The van der Waals surface area contributed by atoms with Crippen molar-refractivity contribution in [2.24, 2.45) is 0 Å². The van der Waals surface area contributed by atoms with Crippen molar-refractivity contribution in [1.82, 2.24) is 0 Å². The van der Waals surface area contributed by atoms with Gasteiger partial charge in [-0.1, -0.05) is 12.1 Å². The fraction of sp³-hybridized carbons (Fsp3) is 0.273. The summed E-state index contributed by atoms with van der Waals surface area (Å²) in [6, 6.07) is 6.17. The largest absolute Gasteiger partial charge is 0.496 e. The number of hydrogen-bond donors (Lipinski definition) is 0. The molecule has 0 unspecified atom stereocenters. The van der Waals surface area contributed by atoms with E-state index in [2.05, 4.69) is 0 Å². The molecule has 0 saturated carbocycles. The molecule has 0 aliphatic carbocycles. The van der Waals surface area contributed by atoms with Crippen molar-refractivity contribution >= 4 is 11.6 Å². The quantitative estimate of drug-likeness (QED) is 0.572. The van der Waals surface area contributed by atoms with E-state index in [1.54, 1.807) is 12.1 Å². The standard InChI is InChI=1S/C11H10F2O3/c1-16-10-5-3-2-4-7(10)8(14)6-9(15)11(12)13/h2-5,11H,6H2,1H3. The van der Waals surface area contributed by atoms with E-state index >= 15 is 0 Å². The van der Waals surface area contributed by atoms with E-state index in [4.69, 9.17) is 4.74 Å². The Bertz CT molecular complexity index is 402. The summed E-state index contributed by atoms with van der Waals surface area (Å²) in [4.78, 5) is 22.2. The fourth-order valence-corrected chi connectivity index (χ4v) is 1.21. The van der Waals surface area contributed by atoms with Crippen LogP contribution in [0.15, 0.2) is 24.3 Å². The third kappa shape index (κ3) is 2.85. The predicted octanol–water partition coefficient (Wildman–Crippen LogP) is 2.10. The van der Waals surface area contributed by atoms with Crippen LogP contribution in [-0.4, -0.2) is 25.1 Å². The number of Topliss-reactive ketones (excluding diaryl/α,β-unsaturated/α-hetero) is 2. The fourth-order valence-electron chi connectivity index (χ4n) is 1.21. The molecule has 1 rings (SSSR count). The molecule has 1 aromatic rings. The zero-order valence-electron chi connectivity index (χ0n) is 8.57. The number of rotatable bonds is 5. The molecule has 86 valence electrons. The summed E-state index contributed by atoms with van der Waals surface area (Å²) in [5.41, 5.74) is 0.138. The Labute approximate surface area is 91.0 Å². The van der Waals surface area contributed by atoms with Crippen molar-refractivity contribution in [1.29, 1.82) is 0 Å². The Morgan fingerprint density at radius 3 is 2.50 bits per heavy atom. The second-order valence-electron chi connectivity index (χ2n) is 3.07. The lowest BCUT2D eigenvalue weighted by molar-refractivity contribution is -0.128. The SMILES string of the molecule is COc1ccccc1C(=O)CC(=O)C(F)F. The van der Waals surface area contributed by atoms with Crippen LogP contribution in [0, 0.1) is 0 Å². The number of ether oxygens (including phenoxy) is 1. The van der Waals surface area contributed by atoms with Gasteiger partial charge in [0.15, 0.2) is 5.78 Å². The van der Waals surface area contributed by atoms with Gasteiger partial charge in [0.05, 0.1) is 19.1 Å². The molecule has 1 aromatic carbocycles. The minimum atomic E-state index is -3.11. The Balaban J connectivity index is 2.84. The summed E-state index contributed by atoms with van der Waals surface area (Å²) in [6.07, 6.45) is -3.92. The van der Waals surface area contributed by atoms with E-state index in [0.717, 1.165) is 0 Å². The first kappa shape index (κ1) is 12.3. The smallest absolute Gasteiger partial charge is 0.296 e. The van der Waals surface area contributed by atoms with E-state index in [1.165, 1.54) is 19.2 Å². The first-order valence-corrected chi connectivity index (χ1v) is 4.53. The normalized spacial score (nSPS) is 10.2. The van der Waals surface area contributed by atoms with Crippen LogP contribution in [0.1, 0.15) is 16.8 Å². The number of ketones is 2. The van der Waals surface area contributed by atoms with Crippen molar-refractivity contribution in [3.8, 4) is 5.75 Å². The van der Waals surface area contributed by atoms with E-state index in [1.807, 2.05) is 0 Å². The molecular weight excluding hydrogens is 218 g/mol. The van der Waals surface area contributed by atoms with Gasteiger partial charge in [-0.3, -0.25) is 9.59 Å².